The average Bonchev–Trinajstić information content (AvgIpc) is 3.21. The molecule has 1 saturated carbocycles. The lowest BCUT2D eigenvalue weighted by molar-refractivity contribution is 0.679. The summed E-state index contributed by atoms with van der Waals surface area (Å²) in [5.41, 5.74) is 1.25. The third-order valence-electron chi connectivity index (χ3n) is 3.69. The Morgan fingerprint density at radius 3 is 2.90 bits per heavy atom. The molecule has 0 unspecified atom stereocenters. The Balaban J connectivity index is 1.72. The number of hydrogen-bond acceptors (Lipinski definition) is 4. The van der Waals surface area contributed by atoms with E-state index in [0.717, 1.165) is 24.7 Å². The normalized spacial score (nSPS) is 14.5. The molecule has 3 rings (SSSR count). The zero-order valence-electron chi connectivity index (χ0n) is 12.1. The smallest absolute Gasteiger partial charge is 0.133 e. The van der Waals surface area contributed by atoms with Crippen LogP contribution in [0.4, 0.5) is 5.82 Å². The van der Waals surface area contributed by atoms with Gasteiger partial charge in [0.1, 0.15) is 11.6 Å². The van der Waals surface area contributed by atoms with Crippen molar-refractivity contribution in [3.05, 3.63) is 42.1 Å². The Labute approximate surface area is 119 Å². The van der Waals surface area contributed by atoms with E-state index in [2.05, 4.69) is 33.3 Å². The largest absolute Gasteiger partial charge is 0.352 e. The number of hydrogen-bond donors (Lipinski definition) is 1. The summed E-state index contributed by atoms with van der Waals surface area (Å²) in [7, 11) is 4.09. The predicted octanol–water partition coefficient (Wildman–Crippen LogP) is 1.70. The molecule has 2 aromatic heterocycles. The van der Waals surface area contributed by atoms with Crippen molar-refractivity contribution < 1.29 is 0 Å². The molecule has 1 aliphatic carbocycles. The van der Waals surface area contributed by atoms with Crippen LogP contribution in [0.1, 0.15) is 24.2 Å². The zero-order chi connectivity index (χ0) is 13.9. The molecule has 2 heterocycles. The van der Waals surface area contributed by atoms with Crippen molar-refractivity contribution in [2.24, 2.45) is 7.05 Å². The summed E-state index contributed by atoms with van der Waals surface area (Å²) in [5.74, 6) is 2.07. The molecule has 20 heavy (non-hydrogen) atoms. The number of aryl methyl sites for hydroxylation is 1. The molecule has 0 radical (unpaired) electrons. The number of nitrogens with one attached hydrogen (secondary N) is 1. The maximum atomic E-state index is 4.54. The second-order valence-electron chi connectivity index (χ2n) is 5.45. The molecule has 0 spiro atoms. The molecule has 0 aromatic carbocycles. The maximum absolute atomic E-state index is 4.54. The zero-order valence-corrected chi connectivity index (χ0v) is 12.1. The van der Waals surface area contributed by atoms with E-state index in [1.807, 2.05) is 36.3 Å². The van der Waals surface area contributed by atoms with Gasteiger partial charge in [0.15, 0.2) is 0 Å². The molecule has 106 valence electrons. The number of imidazole rings is 1. The SMILES string of the molecule is CN(Cc1nccn1C)c1ncccc1CNC1CC1. The summed E-state index contributed by atoms with van der Waals surface area (Å²) in [6, 6.07) is 4.86. The Bertz CT molecular complexity index is 573. The van der Waals surface area contributed by atoms with Crippen LogP contribution in [0, 0.1) is 0 Å². The van der Waals surface area contributed by atoms with Crippen molar-refractivity contribution >= 4 is 5.82 Å². The second kappa shape index (κ2) is 5.63. The minimum absolute atomic E-state index is 0.711. The highest BCUT2D eigenvalue weighted by Crippen LogP contribution is 2.22. The lowest BCUT2D eigenvalue weighted by atomic mass is 10.2. The molecular weight excluding hydrogens is 250 g/mol. The molecule has 0 amide bonds. The number of aromatic nitrogens is 3. The van der Waals surface area contributed by atoms with E-state index in [1.54, 1.807) is 0 Å². The van der Waals surface area contributed by atoms with Crippen molar-refractivity contribution in [1.82, 2.24) is 19.9 Å². The van der Waals surface area contributed by atoms with Crippen molar-refractivity contribution in [3.63, 3.8) is 0 Å². The Morgan fingerprint density at radius 1 is 1.35 bits per heavy atom. The molecule has 1 N–H and O–H groups in total. The van der Waals surface area contributed by atoms with Gasteiger partial charge in [-0.3, -0.25) is 0 Å². The molecule has 0 aliphatic heterocycles. The van der Waals surface area contributed by atoms with Crippen LogP contribution < -0.4 is 10.2 Å². The minimum atomic E-state index is 0.711. The topological polar surface area (TPSA) is 46.0 Å². The highest BCUT2D eigenvalue weighted by atomic mass is 15.2. The summed E-state index contributed by atoms with van der Waals surface area (Å²) in [6.07, 6.45) is 8.26. The van der Waals surface area contributed by atoms with Gasteiger partial charge in [0.05, 0.1) is 6.54 Å². The fourth-order valence-corrected chi connectivity index (χ4v) is 2.29. The molecule has 0 saturated heterocycles. The molecule has 5 heteroatoms. The number of pyridine rings is 1. The summed E-state index contributed by atoms with van der Waals surface area (Å²) in [4.78, 5) is 11.1. The van der Waals surface area contributed by atoms with Crippen LogP contribution in [-0.4, -0.2) is 27.6 Å². The highest BCUT2D eigenvalue weighted by molar-refractivity contribution is 5.46. The summed E-state index contributed by atoms with van der Waals surface area (Å²) >= 11 is 0. The lowest BCUT2D eigenvalue weighted by Gasteiger charge is -2.21. The first-order chi connectivity index (χ1) is 9.74. The first kappa shape index (κ1) is 13.1. The van der Waals surface area contributed by atoms with Gasteiger partial charge in [0, 0.05) is 50.8 Å². The summed E-state index contributed by atoms with van der Waals surface area (Å²) < 4.78 is 2.04. The summed E-state index contributed by atoms with van der Waals surface area (Å²) in [5, 5.41) is 3.55. The van der Waals surface area contributed by atoms with Crippen LogP contribution >= 0.6 is 0 Å². The van der Waals surface area contributed by atoms with Gasteiger partial charge in [0.2, 0.25) is 0 Å². The molecular formula is C15H21N5. The number of anilines is 1. The fraction of sp³-hybridized carbons (Fsp3) is 0.467. The van der Waals surface area contributed by atoms with E-state index in [-0.39, 0.29) is 0 Å². The molecule has 0 atom stereocenters. The molecule has 2 aromatic rings. The van der Waals surface area contributed by atoms with Gasteiger partial charge in [0.25, 0.3) is 0 Å². The Morgan fingerprint density at radius 2 is 2.20 bits per heavy atom. The number of rotatable bonds is 6. The first-order valence-electron chi connectivity index (χ1n) is 7.08. The average molecular weight is 271 g/mol. The molecule has 0 bridgehead atoms. The lowest BCUT2D eigenvalue weighted by Crippen LogP contribution is -2.23. The number of nitrogens with zero attached hydrogens (tertiary/aromatic N) is 4. The van der Waals surface area contributed by atoms with Crippen molar-refractivity contribution in [3.8, 4) is 0 Å². The van der Waals surface area contributed by atoms with E-state index >= 15 is 0 Å². The highest BCUT2D eigenvalue weighted by Gasteiger charge is 2.21. The van der Waals surface area contributed by atoms with Crippen molar-refractivity contribution in [2.45, 2.75) is 32.0 Å². The Hall–Kier alpha value is -1.88. The minimum Gasteiger partial charge on any atom is -0.352 e. The van der Waals surface area contributed by atoms with E-state index in [4.69, 9.17) is 0 Å². The van der Waals surface area contributed by atoms with Gasteiger partial charge in [-0.15, -0.1) is 0 Å². The van der Waals surface area contributed by atoms with E-state index in [0.29, 0.717) is 6.04 Å². The van der Waals surface area contributed by atoms with E-state index < -0.39 is 0 Å². The van der Waals surface area contributed by atoms with E-state index in [9.17, 15) is 0 Å². The maximum Gasteiger partial charge on any atom is 0.133 e. The van der Waals surface area contributed by atoms with Crippen LogP contribution in [-0.2, 0) is 20.1 Å². The predicted molar refractivity (Wildman–Crippen MR) is 79.4 cm³/mol. The monoisotopic (exact) mass is 271 g/mol. The van der Waals surface area contributed by atoms with Gasteiger partial charge >= 0.3 is 0 Å². The van der Waals surface area contributed by atoms with Gasteiger partial charge in [-0.1, -0.05) is 6.07 Å². The molecule has 5 nitrogen and oxygen atoms in total. The van der Waals surface area contributed by atoms with Crippen LogP contribution in [0.2, 0.25) is 0 Å². The van der Waals surface area contributed by atoms with Crippen molar-refractivity contribution in [2.75, 3.05) is 11.9 Å². The third-order valence-corrected chi connectivity index (χ3v) is 3.69. The first-order valence-corrected chi connectivity index (χ1v) is 7.08. The standard InChI is InChI=1S/C15H21N5/c1-19-9-8-16-14(19)11-20(2)15-12(4-3-7-17-15)10-18-13-5-6-13/h3-4,7-9,13,18H,5-6,10-11H2,1-2H3. The van der Waals surface area contributed by atoms with Crippen LogP contribution in [0.25, 0.3) is 0 Å². The van der Waals surface area contributed by atoms with Gasteiger partial charge in [-0.25, -0.2) is 9.97 Å². The molecule has 1 aliphatic rings. The molecule has 1 fully saturated rings. The van der Waals surface area contributed by atoms with Crippen LogP contribution in [0.3, 0.4) is 0 Å². The Kier molecular flexibility index (Phi) is 3.69. The van der Waals surface area contributed by atoms with Crippen LogP contribution in [0.15, 0.2) is 30.7 Å². The quantitative estimate of drug-likeness (QED) is 0.868. The van der Waals surface area contributed by atoms with E-state index in [1.165, 1.54) is 18.4 Å². The summed E-state index contributed by atoms with van der Waals surface area (Å²) in [6.45, 7) is 1.65. The third kappa shape index (κ3) is 2.99. The second-order valence-corrected chi connectivity index (χ2v) is 5.45. The van der Waals surface area contributed by atoms with Gasteiger partial charge < -0.3 is 14.8 Å². The van der Waals surface area contributed by atoms with Crippen LogP contribution in [0.5, 0.6) is 0 Å². The fourth-order valence-electron chi connectivity index (χ4n) is 2.29. The van der Waals surface area contributed by atoms with Gasteiger partial charge in [-0.05, 0) is 18.9 Å². The van der Waals surface area contributed by atoms with Gasteiger partial charge in [-0.2, -0.15) is 0 Å². The van der Waals surface area contributed by atoms with Crippen molar-refractivity contribution in [1.29, 1.82) is 0 Å².